The molecule has 3 aromatic rings. The first-order valence-corrected chi connectivity index (χ1v) is 7.01. The molecule has 22 heavy (non-hydrogen) atoms. The molecule has 0 aliphatic heterocycles. The van der Waals surface area contributed by atoms with Crippen molar-refractivity contribution in [2.45, 2.75) is 0 Å². The highest BCUT2D eigenvalue weighted by Crippen LogP contribution is 2.38. The summed E-state index contributed by atoms with van der Waals surface area (Å²) in [5, 5.41) is 9.88. The Balaban J connectivity index is 2.21. The maximum Gasteiger partial charge on any atom is 0.335 e. The van der Waals surface area contributed by atoms with E-state index in [1.54, 1.807) is 18.2 Å². The molecule has 0 bridgehead atoms. The van der Waals surface area contributed by atoms with E-state index < -0.39 is 5.97 Å². The number of methoxy groups -OCH3 is 1. The van der Waals surface area contributed by atoms with Gasteiger partial charge in [-0.3, -0.25) is 0 Å². The van der Waals surface area contributed by atoms with Gasteiger partial charge in [-0.1, -0.05) is 23.2 Å². The van der Waals surface area contributed by atoms with Gasteiger partial charge in [-0.2, -0.15) is 0 Å². The number of carboxylic acid groups (broad SMARTS) is 1. The van der Waals surface area contributed by atoms with Crippen LogP contribution in [0, 0.1) is 0 Å². The third-order valence-corrected chi connectivity index (χ3v) is 3.72. The predicted octanol–water partition coefficient (Wildman–Crippen LogP) is 4.24. The molecule has 0 saturated carbocycles. The lowest BCUT2D eigenvalue weighted by molar-refractivity contribution is 0.0697. The molecule has 0 aliphatic rings. The van der Waals surface area contributed by atoms with Crippen molar-refractivity contribution in [1.29, 1.82) is 0 Å². The topological polar surface area (TPSA) is 75.2 Å². The van der Waals surface area contributed by atoms with Gasteiger partial charge in [0.25, 0.3) is 0 Å². The van der Waals surface area contributed by atoms with Crippen molar-refractivity contribution < 1.29 is 14.6 Å². The van der Waals surface area contributed by atoms with Crippen LogP contribution in [0.25, 0.3) is 22.4 Å². The van der Waals surface area contributed by atoms with E-state index in [2.05, 4.69) is 9.97 Å². The first kappa shape index (κ1) is 14.7. The highest BCUT2D eigenvalue weighted by atomic mass is 35.5. The SMILES string of the molecule is COc1cc(Cl)cc(Cl)c1-c1nc2ccc(C(=O)O)cc2[nH]1. The Labute approximate surface area is 135 Å². The van der Waals surface area contributed by atoms with Crippen LogP contribution in [-0.4, -0.2) is 28.2 Å². The third kappa shape index (κ3) is 2.49. The number of nitrogens with one attached hydrogen (secondary N) is 1. The minimum Gasteiger partial charge on any atom is -0.496 e. The van der Waals surface area contributed by atoms with E-state index in [9.17, 15) is 4.79 Å². The average Bonchev–Trinajstić information content (AvgIpc) is 2.88. The monoisotopic (exact) mass is 336 g/mol. The van der Waals surface area contributed by atoms with Crippen LogP contribution in [0.2, 0.25) is 10.0 Å². The van der Waals surface area contributed by atoms with Gasteiger partial charge in [0, 0.05) is 5.02 Å². The fraction of sp³-hybridized carbons (Fsp3) is 0.0667. The van der Waals surface area contributed by atoms with Crippen molar-refractivity contribution in [1.82, 2.24) is 9.97 Å². The van der Waals surface area contributed by atoms with E-state index in [-0.39, 0.29) is 5.56 Å². The van der Waals surface area contributed by atoms with Gasteiger partial charge >= 0.3 is 5.97 Å². The minimum absolute atomic E-state index is 0.178. The fourth-order valence-corrected chi connectivity index (χ4v) is 2.77. The molecule has 0 fully saturated rings. The van der Waals surface area contributed by atoms with Gasteiger partial charge < -0.3 is 14.8 Å². The van der Waals surface area contributed by atoms with Crippen LogP contribution in [0.5, 0.6) is 5.75 Å². The van der Waals surface area contributed by atoms with Crippen molar-refractivity contribution in [3.63, 3.8) is 0 Å². The number of hydrogen-bond acceptors (Lipinski definition) is 3. The predicted molar refractivity (Wildman–Crippen MR) is 85.1 cm³/mol. The van der Waals surface area contributed by atoms with Gasteiger partial charge in [-0.25, -0.2) is 9.78 Å². The molecular weight excluding hydrogens is 327 g/mol. The van der Waals surface area contributed by atoms with Gasteiger partial charge in [-0.15, -0.1) is 0 Å². The highest BCUT2D eigenvalue weighted by Gasteiger charge is 2.16. The second kappa shape index (κ2) is 5.51. The number of aromatic carboxylic acids is 1. The van der Waals surface area contributed by atoms with E-state index in [0.717, 1.165) is 0 Å². The molecule has 0 aliphatic carbocycles. The maximum absolute atomic E-state index is 11.0. The molecule has 112 valence electrons. The summed E-state index contributed by atoms with van der Waals surface area (Å²) >= 11 is 12.2. The number of aromatic nitrogens is 2. The number of carbonyl (C=O) groups is 1. The minimum atomic E-state index is -1.000. The van der Waals surface area contributed by atoms with Gasteiger partial charge in [0.05, 0.1) is 34.3 Å². The van der Waals surface area contributed by atoms with Crippen LogP contribution >= 0.6 is 23.2 Å². The van der Waals surface area contributed by atoms with Gasteiger partial charge in [0.15, 0.2) is 0 Å². The lowest BCUT2D eigenvalue weighted by Gasteiger charge is -2.08. The molecule has 0 atom stereocenters. The molecule has 1 aromatic heterocycles. The summed E-state index contributed by atoms with van der Waals surface area (Å²) in [5.74, 6) is -0.0359. The van der Waals surface area contributed by atoms with Crippen LogP contribution in [0.15, 0.2) is 30.3 Å². The van der Waals surface area contributed by atoms with Gasteiger partial charge in [0.2, 0.25) is 0 Å². The lowest BCUT2D eigenvalue weighted by Crippen LogP contribution is -1.94. The average molecular weight is 337 g/mol. The Hall–Kier alpha value is -2.24. The molecule has 0 saturated heterocycles. The van der Waals surface area contributed by atoms with E-state index in [0.29, 0.717) is 38.2 Å². The van der Waals surface area contributed by atoms with Crippen LogP contribution < -0.4 is 4.74 Å². The number of nitrogens with zero attached hydrogens (tertiary/aromatic N) is 1. The number of fused-ring (bicyclic) bond motifs is 1. The normalized spacial score (nSPS) is 10.9. The van der Waals surface area contributed by atoms with E-state index in [1.165, 1.54) is 19.2 Å². The number of halogens is 2. The van der Waals surface area contributed by atoms with Crippen molar-refractivity contribution in [3.8, 4) is 17.1 Å². The maximum atomic E-state index is 11.0. The first-order valence-electron chi connectivity index (χ1n) is 6.26. The molecule has 0 radical (unpaired) electrons. The van der Waals surface area contributed by atoms with E-state index in [1.807, 2.05) is 0 Å². The number of aromatic amines is 1. The highest BCUT2D eigenvalue weighted by molar-refractivity contribution is 6.36. The summed E-state index contributed by atoms with van der Waals surface area (Å²) in [4.78, 5) is 18.5. The summed E-state index contributed by atoms with van der Waals surface area (Å²) in [5.41, 5.74) is 1.98. The molecule has 2 N–H and O–H groups in total. The molecule has 7 heteroatoms. The van der Waals surface area contributed by atoms with Crippen LogP contribution in [0.4, 0.5) is 0 Å². The molecule has 0 amide bonds. The Morgan fingerprint density at radius 2 is 2.05 bits per heavy atom. The fourth-order valence-electron chi connectivity index (χ4n) is 2.20. The lowest BCUT2D eigenvalue weighted by atomic mass is 10.2. The summed E-state index contributed by atoms with van der Waals surface area (Å²) < 4.78 is 5.30. The molecule has 2 aromatic carbocycles. The Morgan fingerprint density at radius 1 is 1.27 bits per heavy atom. The first-order chi connectivity index (χ1) is 10.5. The molecule has 5 nitrogen and oxygen atoms in total. The molecular formula is C15H10Cl2N2O3. The number of hydrogen-bond donors (Lipinski definition) is 2. The molecule has 0 unspecified atom stereocenters. The largest absolute Gasteiger partial charge is 0.496 e. The number of rotatable bonds is 3. The van der Waals surface area contributed by atoms with Crippen LogP contribution in [0.3, 0.4) is 0 Å². The quantitative estimate of drug-likeness (QED) is 0.749. The summed E-state index contributed by atoms with van der Waals surface area (Å²) in [6.07, 6.45) is 0. The second-order valence-electron chi connectivity index (χ2n) is 4.59. The summed E-state index contributed by atoms with van der Waals surface area (Å²) in [6.45, 7) is 0. The number of benzene rings is 2. The van der Waals surface area contributed by atoms with Gasteiger partial charge in [-0.05, 0) is 30.3 Å². The van der Waals surface area contributed by atoms with E-state index in [4.69, 9.17) is 33.0 Å². The molecule has 0 spiro atoms. The zero-order valence-corrected chi connectivity index (χ0v) is 12.9. The van der Waals surface area contributed by atoms with Crippen molar-refractivity contribution >= 4 is 40.2 Å². The number of carboxylic acids is 1. The Kier molecular flexibility index (Phi) is 3.68. The third-order valence-electron chi connectivity index (χ3n) is 3.20. The van der Waals surface area contributed by atoms with Crippen molar-refractivity contribution in [2.75, 3.05) is 7.11 Å². The Bertz CT molecular complexity index is 890. The number of ether oxygens (including phenoxy) is 1. The van der Waals surface area contributed by atoms with Crippen LogP contribution in [-0.2, 0) is 0 Å². The van der Waals surface area contributed by atoms with Crippen molar-refractivity contribution in [3.05, 3.63) is 45.9 Å². The zero-order valence-electron chi connectivity index (χ0n) is 11.4. The molecule has 1 heterocycles. The van der Waals surface area contributed by atoms with Crippen LogP contribution in [0.1, 0.15) is 10.4 Å². The number of H-pyrrole nitrogens is 1. The summed E-state index contributed by atoms with van der Waals surface area (Å²) in [7, 11) is 1.51. The van der Waals surface area contributed by atoms with E-state index >= 15 is 0 Å². The molecule has 3 rings (SSSR count). The van der Waals surface area contributed by atoms with Gasteiger partial charge in [0.1, 0.15) is 11.6 Å². The Morgan fingerprint density at radius 3 is 2.73 bits per heavy atom. The summed E-state index contributed by atoms with van der Waals surface area (Å²) in [6, 6.07) is 7.88. The smallest absolute Gasteiger partial charge is 0.335 e. The standard InChI is InChI=1S/C15H10Cl2N2O3/c1-22-12-6-8(16)5-9(17)13(12)14-18-10-3-2-7(15(20)21)4-11(10)19-14/h2-6H,1H3,(H,18,19)(H,20,21). The number of imidazole rings is 1. The van der Waals surface area contributed by atoms with Crippen molar-refractivity contribution in [2.24, 2.45) is 0 Å². The second-order valence-corrected chi connectivity index (χ2v) is 5.43. The zero-order chi connectivity index (χ0) is 15.9.